The van der Waals surface area contributed by atoms with Gasteiger partial charge in [0.05, 0.1) is 18.8 Å². The Morgan fingerprint density at radius 2 is 1.72 bits per heavy atom. The molecule has 5 N–H and O–H groups in total. The third kappa shape index (κ3) is 5.89. The van der Waals surface area contributed by atoms with E-state index in [0.29, 0.717) is 18.6 Å². The smallest absolute Gasteiger partial charge is 0.413 e. The fourth-order valence-electron chi connectivity index (χ4n) is 3.00. The van der Waals surface area contributed by atoms with Gasteiger partial charge in [0.25, 0.3) is 0 Å². The highest BCUT2D eigenvalue weighted by Crippen LogP contribution is 2.43. The second kappa shape index (κ2) is 9.08. The van der Waals surface area contributed by atoms with Crippen LogP contribution in [-0.4, -0.2) is 23.9 Å². The first-order chi connectivity index (χ1) is 13.8. The fraction of sp³-hybridized carbons (Fsp3) is 0.273. The normalized spacial score (nSPS) is 15.6. The van der Waals surface area contributed by atoms with Gasteiger partial charge in [-0.2, -0.15) is 0 Å². The van der Waals surface area contributed by atoms with Gasteiger partial charge in [-0.25, -0.2) is 10.1 Å². The minimum atomic E-state index is -3.92. The second-order valence-electron chi connectivity index (χ2n) is 7.39. The van der Waals surface area contributed by atoms with Crippen LogP contribution in [0, 0.1) is 6.92 Å². The quantitative estimate of drug-likeness (QED) is 0.458. The first-order valence-corrected chi connectivity index (χ1v) is 11.1. The van der Waals surface area contributed by atoms with E-state index in [2.05, 4.69) is 0 Å². The van der Waals surface area contributed by atoms with Gasteiger partial charge in [0.1, 0.15) is 5.75 Å². The Labute approximate surface area is 171 Å². The number of aryl methyl sites for hydroxylation is 2. The molecule has 2 atom stereocenters. The van der Waals surface area contributed by atoms with Crippen LogP contribution in [0.25, 0.3) is 10.8 Å². The molecular formula is C22H27N2O4P. The molecule has 6 nitrogen and oxygen atoms in total. The van der Waals surface area contributed by atoms with E-state index in [1.807, 2.05) is 61.5 Å². The molecular weight excluding hydrogens is 387 g/mol. The number of fused-ring (bicyclic) bond motifs is 1. The maximum absolute atomic E-state index is 12.7. The van der Waals surface area contributed by atoms with Crippen molar-refractivity contribution in [2.75, 3.05) is 13.2 Å². The van der Waals surface area contributed by atoms with E-state index in [1.165, 1.54) is 5.56 Å². The first kappa shape index (κ1) is 21.5. The van der Waals surface area contributed by atoms with Crippen LogP contribution in [0.3, 0.4) is 0 Å². The summed E-state index contributed by atoms with van der Waals surface area (Å²) >= 11 is 0. The van der Waals surface area contributed by atoms with Gasteiger partial charge in [-0.3, -0.25) is 4.52 Å². The molecule has 154 valence electrons. The molecule has 3 rings (SSSR count). The van der Waals surface area contributed by atoms with Crippen molar-refractivity contribution < 1.29 is 18.7 Å². The zero-order chi connectivity index (χ0) is 20.9. The van der Waals surface area contributed by atoms with E-state index in [9.17, 15) is 9.67 Å². The Morgan fingerprint density at radius 3 is 2.45 bits per heavy atom. The van der Waals surface area contributed by atoms with Gasteiger partial charge in [0.2, 0.25) is 0 Å². The average Bonchev–Trinajstić information content (AvgIpc) is 2.72. The molecule has 0 aliphatic heterocycles. The summed E-state index contributed by atoms with van der Waals surface area (Å²) in [6.45, 7) is 1.51. The molecule has 0 saturated carbocycles. The lowest BCUT2D eigenvalue weighted by molar-refractivity contribution is 0.119. The van der Waals surface area contributed by atoms with Gasteiger partial charge >= 0.3 is 7.75 Å². The van der Waals surface area contributed by atoms with Gasteiger partial charge in [-0.15, -0.1) is 0 Å². The highest BCUT2D eigenvalue weighted by molar-refractivity contribution is 7.51. The maximum atomic E-state index is 12.7. The standard InChI is InChI=1S/C22H27N2O4P/c1-17-9-11-18(12-10-17)13-14-22(23,15-25)16-27-29(24,26)28-21-8-4-6-19-5-2-3-7-20(19)21/h2-12,25H,13-16,23H2,1H3,(H2,24,26). The molecule has 2 unspecified atom stereocenters. The van der Waals surface area contributed by atoms with Crippen LogP contribution in [0.15, 0.2) is 66.7 Å². The zero-order valence-electron chi connectivity index (χ0n) is 16.5. The molecule has 29 heavy (non-hydrogen) atoms. The Hall–Kier alpha value is -2.21. The topological polar surface area (TPSA) is 108 Å². The summed E-state index contributed by atoms with van der Waals surface area (Å²) in [5.74, 6) is 0.375. The van der Waals surface area contributed by atoms with Crippen molar-refractivity contribution in [2.45, 2.75) is 25.3 Å². The van der Waals surface area contributed by atoms with Crippen LogP contribution in [0.5, 0.6) is 5.75 Å². The number of hydrogen-bond donors (Lipinski definition) is 3. The van der Waals surface area contributed by atoms with Crippen molar-refractivity contribution in [3.8, 4) is 5.75 Å². The maximum Gasteiger partial charge on any atom is 0.456 e. The summed E-state index contributed by atoms with van der Waals surface area (Å²) in [5, 5.41) is 11.5. The molecule has 0 heterocycles. The van der Waals surface area contributed by atoms with E-state index >= 15 is 0 Å². The Kier molecular flexibility index (Phi) is 6.73. The lowest BCUT2D eigenvalue weighted by Gasteiger charge is -2.28. The molecule has 0 amide bonds. The summed E-state index contributed by atoms with van der Waals surface area (Å²) in [6, 6.07) is 21.0. The van der Waals surface area contributed by atoms with Crippen LogP contribution in [0.2, 0.25) is 0 Å². The van der Waals surface area contributed by atoms with Crippen LogP contribution in [0.1, 0.15) is 17.5 Å². The lowest BCUT2D eigenvalue weighted by Crippen LogP contribution is -2.48. The van der Waals surface area contributed by atoms with Crippen LogP contribution >= 0.6 is 7.75 Å². The molecule has 0 aliphatic rings. The predicted molar refractivity (Wildman–Crippen MR) is 116 cm³/mol. The predicted octanol–water partition coefficient (Wildman–Crippen LogP) is 3.93. The number of nitrogens with two attached hydrogens (primary N) is 2. The highest BCUT2D eigenvalue weighted by Gasteiger charge is 2.30. The monoisotopic (exact) mass is 414 g/mol. The van der Waals surface area contributed by atoms with E-state index in [0.717, 1.165) is 16.3 Å². The Bertz CT molecular complexity index is 1000. The average molecular weight is 414 g/mol. The summed E-state index contributed by atoms with van der Waals surface area (Å²) < 4.78 is 23.6. The van der Waals surface area contributed by atoms with Crippen molar-refractivity contribution in [3.63, 3.8) is 0 Å². The van der Waals surface area contributed by atoms with Crippen LogP contribution in [0.4, 0.5) is 0 Å². The minimum absolute atomic E-state index is 0.187. The van der Waals surface area contributed by atoms with E-state index in [1.54, 1.807) is 12.1 Å². The summed E-state index contributed by atoms with van der Waals surface area (Å²) in [4.78, 5) is 0. The van der Waals surface area contributed by atoms with Crippen molar-refractivity contribution in [2.24, 2.45) is 11.2 Å². The molecule has 7 heteroatoms. The number of aliphatic hydroxyl groups is 1. The molecule has 0 aromatic heterocycles. The first-order valence-electron chi connectivity index (χ1n) is 9.46. The largest absolute Gasteiger partial charge is 0.456 e. The van der Waals surface area contributed by atoms with Gasteiger partial charge in [0.15, 0.2) is 0 Å². The van der Waals surface area contributed by atoms with Crippen LogP contribution in [-0.2, 0) is 15.5 Å². The molecule has 3 aromatic rings. The van der Waals surface area contributed by atoms with Crippen molar-refractivity contribution in [3.05, 3.63) is 77.9 Å². The van der Waals surface area contributed by atoms with Gasteiger partial charge in [-0.1, -0.05) is 66.2 Å². The molecule has 0 saturated heterocycles. The SMILES string of the molecule is Cc1ccc(CCC(N)(CO)COP(N)(=O)Oc2cccc3ccccc23)cc1. The molecule has 0 spiro atoms. The number of benzene rings is 3. The van der Waals surface area contributed by atoms with Gasteiger partial charge in [-0.05, 0) is 36.8 Å². The van der Waals surface area contributed by atoms with Gasteiger partial charge in [0, 0.05) is 5.39 Å². The summed E-state index contributed by atoms with van der Waals surface area (Å²) in [7, 11) is -3.92. The lowest BCUT2D eigenvalue weighted by atomic mass is 9.94. The van der Waals surface area contributed by atoms with E-state index < -0.39 is 13.3 Å². The molecule has 0 aliphatic carbocycles. The third-order valence-electron chi connectivity index (χ3n) is 4.85. The molecule has 0 radical (unpaired) electrons. The molecule has 3 aromatic carbocycles. The summed E-state index contributed by atoms with van der Waals surface area (Å²) in [6.07, 6.45) is 1.10. The molecule has 0 fully saturated rings. The van der Waals surface area contributed by atoms with E-state index in [-0.39, 0.29) is 13.2 Å². The Morgan fingerprint density at radius 1 is 1.03 bits per heavy atom. The van der Waals surface area contributed by atoms with Crippen LogP contribution < -0.4 is 15.8 Å². The van der Waals surface area contributed by atoms with Crippen molar-refractivity contribution in [1.29, 1.82) is 0 Å². The van der Waals surface area contributed by atoms with Crippen molar-refractivity contribution in [1.82, 2.24) is 0 Å². The minimum Gasteiger partial charge on any atom is -0.413 e. The second-order valence-corrected chi connectivity index (χ2v) is 8.91. The number of hydrogen-bond acceptors (Lipinski definition) is 5. The summed E-state index contributed by atoms with van der Waals surface area (Å²) in [5.41, 5.74) is 13.3. The third-order valence-corrected chi connectivity index (χ3v) is 5.79. The molecule has 0 bridgehead atoms. The fourth-order valence-corrected chi connectivity index (χ4v) is 3.93. The Balaban J connectivity index is 1.63. The number of rotatable bonds is 9. The highest BCUT2D eigenvalue weighted by atomic mass is 31.2. The van der Waals surface area contributed by atoms with Crippen molar-refractivity contribution >= 4 is 18.5 Å². The zero-order valence-corrected chi connectivity index (χ0v) is 17.3. The van der Waals surface area contributed by atoms with Gasteiger partial charge < -0.3 is 15.4 Å². The number of aliphatic hydroxyl groups excluding tert-OH is 1. The van der Waals surface area contributed by atoms with E-state index in [4.69, 9.17) is 20.3 Å².